The molecule has 2 heterocycles. The minimum Gasteiger partial charge on any atom is -0.366 e. The predicted octanol–water partition coefficient (Wildman–Crippen LogP) is 2.52. The molecular weight excluding hydrogens is 268 g/mol. The molecule has 21 heavy (non-hydrogen) atoms. The lowest BCUT2D eigenvalue weighted by molar-refractivity contribution is 0.100. The van der Waals surface area contributed by atoms with Gasteiger partial charge in [0.15, 0.2) is 5.82 Å². The van der Waals surface area contributed by atoms with Gasteiger partial charge in [-0.25, -0.2) is 4.98 Å². The van der Waals surface area contributed by atoms with Crippen LogP contribution >= 0.6 is 0 Å². The molecule has 6 nitrogen and oxygen atoms in total. The summed E-state index contributed by atoms with van der Waals surface area (Å²) in [7, 11) is 0. The minimum absolute atomic E-state index is 0.386. The van der Waals surface area contributed by atoms with E-state index in [0.29, 0.717) is 28.6 Å². The van der Waals surface area contributed by atoms with Gasteiger partial charge in [0, 0.05) is 6.07 Å². The Morgan fingerprint density at radius 3 is 2.95 bits per heavy atom. The molecule has 0 aliphatic rings. The summed E-state index contributed by atoms with van der Waals surface area (Å²) in [5.41, 5.74) is 7.91. The van der Waals surface area contributed by atoms with Crippen molar-refractivity contribution in [3.8, 4) is 11.6 Å². The number of hydrogen-bond donors (Lipinski definition) is 2. The molecule has 0 aliphatic carbocycles. The van der Waals surface area contributed by atoms with Crippen molar-refractivity contribution in [3.05, 3.63) is 35.5 Å². The average molecular weight is 284 g/mol. The lowest BCUT2D eigenvalue weighted by Gasteiger charge is -1.96. The van der Waals surface area contributed by atoms with Crippen molar-refractivity contribution in [2.75, 3.05) is 0 Å². The van der Waals surface area contributed by atoms with Crippen molar-refractivity contribution in [2.24, 2.45) is 11.7 Å². The fraction of sp³-hybridized carbons (Fsp3) is 0.267. The minimum atomic E-state index is -0.503. The van der Waals surface area contributed by atoms with Gasteiger partial charge in [-0.3, -0.25) is 4.79 Å². The zero-order valence-electron chi connectivity index (χ0n) is 11.9. The normalized spacial score (nSPS) is 11.4. The molecule has 0 saturated carbocycles. The first-order chi connectivity index (χ1) is 10.0. The van der Waals surface area contributed by atoms with Crippen LogP contribution in [-0.4, -0.2) is 21.0 Å². The van der Waals surface area contributed by atoms with E-state index in [-0.39, 0.29) is 0 Å². The maximum Gasteiger partial charge on any atom is 0.250 e. The number of carbonyl (C=O) groups is 1. The number of aromatic amines is 1. The van der Waals surface area contributed by atoms with E-state index in [1.54, 1.807) is 12.1 Å². The lowest BCUT2D eigenvalue weighted by Crippen LogP contribution is -2.11. The molecule has 0 bridgehead atoms. The van der Waals surface area contributed by atoms with E-state index in [4.69, 9.17) is 10.3 Å². The Hall–Kier alpha value is -2.63. The van der Waals surface area contributed by atoms with Gasteiger partial charge < -0.3 is 15.2 Å². The SMILES string of the molecule is CC(C)Cc1cc(-c2nc3c(C(N)=O)cccc3[nH]2)on1. The first kappa shape index (κ1) is 13.4. The predicted molar refractivity (Wildman–Crippen MR) is 78.7 cm³/mol. The molecule has 0 atom stereocenters. The molecule has 1 aromatic carbocycles. The van der Waals surface area contributed by atoms with Gasteiger partial charge >= 0.3 is 0 Å². The fourth-order valence-corrected chi connectivity index (χ4v) is 2.29. The third-order valence-corrected chi connectivity index (χ3v) is 3.19. The monoisotopic (exact) mass is 284 g/mol. The van der Waals surface area contributed by atoms with Gasteiger partial charge in [0.05, 0.1) is 16.8 Å². The second-order valence-corrected chi connectivity index (χ2v) is 5.43. The van der Waals surface area contributed by atoms with Crippen molar-refractivity contribution in [1.29, 1.82) is 0 Å². The highest BCUT2D eigenvalue weighted by molar-refractivity contribution is 6.04. The molecule has 0 spiro atoms. The Bertz CT molecular complexity index is 801. The molecule has 0 aliphatic heterocycles. The second-order valence-electron chi connectivity index (χ2n) is 5.43. The molecule has 0 fully saturated rings. The van der Waals surface area contributed by atoms with Gasteiger partial charge in [0.1, 0.15) is 5.52 Å². The Balaban J connectivity index is 2.03. The van der Waals surface area contributed by atoms with Crippen LogP contribution in [0.1, 0.15) is 29.9 Å². The Morgan fingerprint density at radius 1 is 1.43 bits per heavy atom. The molecule has 0 unspecified atom stereocenters. The summed E-state index contributed by atoms with van der Waals surface area (Å²) in [6.45, 7) is 4.24. The standard InChI is InChI=1S/C15H16N4O2/c1-8(2)6-9-7-12(21-19-9)15-17-11-5-3-4-10(14(16)20)13(11)18-15/h3-5,7-8H,6H2,1-2H3,(H2,16,20)(H,17,18). The summed E-state index contributed by atoms with van der Waals surface area (Å²) in [6.07, 6.45) is 0.844. The number of fused-ring (bicyclic) bond motifs is 1. The highest BCUT2D eigenvalue weighted by atomic mass is 16.5. The molecule has 3 rings (SSSR count). The molecule has 0 radical (unpaired) electrons. The Kier molecular flexibility index (Phi) is 3.21. The number of carbonyl (C=O) groups excluding carboxylic acids is 1. The first-order valence-corrected chi connectivity index (χ1v) is 6.79. The average Bonchev–Trinajstić information content (AvgIpc) is 3.02. The number of hydrogen-bond acceptors (Lipinski definition) is 4. The van der Waals surface area contributed by atoms with Crippen molar-refractivity contribution in [2.45, 2.75) is 20.3 Å². The van der Waals surface area contributed by atoms with Gasteiger partial charge in [-0.2, -0.15) is 0 Å². The molecular formula is C15H16N4O2. The molecule has 3 N–H and O–H groups in total. The third-order valence-electron chi connectivity index (χ3n) is 3.19. The van der Waals surface area contributed by atoms with Gasteiger partial charge in [-0.05, 0) is 24.5 Å². The summed E-state index contributed by atoms with van der Waals surface area (Å²) < 4.78 is 5.32. The highest BCUT2D eigenvalue weighted by Gasteiger charge is 2.15. The maximum atomic E-state index is 11.4. The van der Waals surface area contributed by atoms with E-state index in [2.05, 4.69) is 29.0 Å². The van der Waals surface area contributed by atoms with Crippen molar-refractivity contribution in [3.63, 3.8) is 0 Å². The van der Waals surface area contributed by atoms with Crippen LogP contribution in [0.2, 0.25) is 0 Å². The molecule has 2 aromatic heterocycles. The van der Waals surface area contributed by atoms with E-state index in [1.165, 1.54) is 0 Å². The largest absolute Gasteiger partial charge is 0.366 e. The summed E-state index contributed by atoms with van der Waals surface area (Å²) in [4.78, 5) is 18.9. The number of aromatic nitrogens is 3. The van der Waals surface area contributed by atoms with Crippen molar-refractivity contribution < 1.29 is 9.32 Å². The van der Waals surface area contributed by atoms with Crippen LogP contribution < -0.4 is 5.73 Å². The quantitative estimate of drug-likeness (QED) is 0.769. The summed E-state index contributed by atoms with van der Waals surface area (Å²) in [6, 6.07) is 7.11. The number of H-pyrrole nitrogens is 1. The van der Waals surface area contributed by atoms with Crippen molar-refractivity contribution in [1.82, 2.24) is 15.1 Å². The maximum absolute atomic E-state index is 11.4. The van der Waals surface area contributed by atoms with Gasteiger partial charge in [0.2, 0.25) is 5.76 Å². The van der Waals surface area contributed by atoms with Crippen LogP contribution in [0.5, 0.6) is 0 Å². The number of nitrogens with zero attached hydrogens (tertiary/aromatic N) is 2. The van der Waals surface area contributed by atoms with E-state index >= 15 is 0 Å². The molecule has 0 saturated heterocycles. The molecule has 108 valence electrons. The van der Waals surface area contributed by atoms with Gasteiger partial charge in [0.25, 0.3) is 5.91 Å². The fourth-order valence-electron chi connectivity index (χ4n) is 2.29. The Labute approximate surface area is 121 Å². The highest BCUT2D eigenvalue weighted by Crippen LogP contribution is 2.24. The number of benzene rings is 1. The zero-order chi connectivity index (χ0) is 15.0. The molecule has 3 aromatic rings. The number of nitrogens with one attached hydrogen (secondary N) is 1. The van der Waals surface area contributed by atoms with Crippen LogP contribution in [0, 0.1) is 5.92 Å². The number of nitrogens with two attached hydrogens (primary N) is 1. The summed E-state index contributed by atoms with van der Waals surface area (Å²) >= 11 is 0. The summed E-state index contributed by atoms with van der Waals surface area (Å²) in [5, 5.41) is 4.03. The smallest absolute Gasteiger partial charge is 0.250 e. The van der Waals surface area contributed by atoms with Crippen LogP contribution in [0.25, 0.3) is 22.6 Å². The van der Waals surface area contributed by atoms with Crippen LogP contribution in [0.3, 0.4) is 0 Å². The molecule has 1 amide bonds. The van der Waals surface area contributed by atoms with Crippen LogP contribution in [0.15, 0.2) is 28.8 Å². The van der Waals surface area contributed by atoms with Crippen LogP contribution in [0.4, 0.5) is 0 Å². The summed E-state index contributed by atoms with van der Waals surface area (Å²) in [5.74, 6) is 1.09. The number of primary amides is 1. The van der Waals surface area contributed by atoms with Gasteiger partial charge in [-0.15, -0.1) is 0 Å². The third kappa shape index (κ3) is 2.52. The molecule has 6 heteroatoms. The Morgan fingerprint density at radius 2 is 2.24 bits per heavy atom. The topological polar surface area (TPSA) is 97.8 Å². The van der Waals surface area contributed by atoms with E-state index < -0.39 is 5.91 Å². The van der Waals surface area contributed by atoms with Gasteiger partial charge in [-0.1, -0.05) is 25.1 Å². The van der Waals surface area contributed by atoms with E-state index in [1.807, 2.05) is 12.1 Å². The lowest BCUT2D eigenvalue weighted by atomic mass is 10.1. The van der Waals surface area contributed by atoms with Crippen LogP contribution in [-0.2, 0) is 6.42 Å². The van der Waals surface area contributed by atoms with E-state index in [9.17, 15) is 4.79 Å². The number of rotatable bonds is 4. The van der Waals surface area contributed by atoms with Crippen molar-refractivity contribution >= 4 is 16.9 Å². The zero-order valence-corrected chi connectivity index (χ0v) is 11.9. The van der Waals surface area contributed by atoms with E-state index in [0.717, 1.165) is 17.6 Å². The first-order valence-electron chi connectivity index (χ1n) is 6.79. The second kappa shape index (κ2) is 5.05. The number of amides is 1. The number of imidazole rings is 1. The number of para-hydroxylation sites is 1.